The molecule has 2 unspecified atom stereocenters. The number of allylic oxidation sites excluding steroid dienone is 1. The Bertz CT molecular complexity index is 551. The molecule has 1 aliphatic carbocycles. The Labute approximate surface area is 117 Å². The van der Waals surface area contributed by atoms with Gasteiger partial charge in [0, 0.05) is 19.0 Å². The summed E-state index contributed by atoms with van der Waals surface area (Å²) >= 11 is 0. The average Bonchev–Trinajstić information content (AvgIpc) is 2.83. The number of ether oxygens (including phenoxy) is 1. The molecule has 0 saturated heterocycles. The molecule has 1 aromatic rings. The molecule has 1 heterocycles. The molecule has 1 aliphatic rings. The van der Waals surface area contributed by atoms with Crippen molar-refractivity contribution < 1.29 is 14.3 Å². The molecule has 5 heteroatoms. The van der Waals surface area contributed by atoms with E-state index in [0.717, 1.165) is 5.56 Å². The number of hydrogen-bond acceptors (Lipinski definition) is 5. The third kappa shape index (κ3) is 2.77. The predicted octanol–water partition coefficient (Wildman–Crippen LogP) is 1.59. The fraction of sp³-hybridized carbons (Fsp3) is 0.400. The van der Waals surface area contributed by atoms with E-state index in [1.54, 1.807) is 25.3 Å². The molecule has 0 aromatic carbocycles. The molecule has 0 spiro atoms. The Morgan fingerprint density at radius 2 is 2.25 bits per heavy atom. The van der Waals surface area contributed by atoms with Crippen LogP contribution in [-0.2, 0) is 9.53 Å². The first kappa shape index (κ1) is 14.4. The van der Waals surface area contributed by atoms with E-state index in [1.165, 1.54) is 6.92 Å². The number of pyridine rings is 1. The van der Waals surface area contributed by atoms with Crippen LogP contribution in [0.25, 0.3) is 0 Å². The summed E-state index contributed by atoms with van der Waals surface area (Å²) in [6.45, 7) is 3.54. The number of carbonyl (C=O) groups is 2. The average molecular weight is 274 g/mol. The highest BCUT2D eigenvalue weighted by atomic mass is 16.5. The van der Waals surface area contributed by atoms with Gasteiger partial charge in [0.2, 0.25) is 0 Å². The Morgan fingerprint density at radius 1 is 1.50 bits per heavy atom. The first-order valence-electron chi connectivity index (χ1n) is 6.58. The quantitative estimate of drug-likeness (QED) is 0.512. The van der Waals surface area contributed by atoms with Crippen molar-refractivity contribution in [3.05, 3.63) is 41.7 Å². The number of nitrogens with two attached hydrogens (primary N) is 1. The van der Waals surface area contributed by atoms with Gasteiger partial charge < -0.3 is 10.5 Å². The number of esters is 1. The van der Waals surface area contributed by atoms with Crippen molar-refractivity contribution >= 4 is 11.8 Å². The van der Waals surface area contributed by atoms with Crippen molar-refractivity contribution in [1.82, 2.24) is 4.98 Å². The highest BCUT2D eigenvalue weighted by Gasteiger charge is 2.39. The van der Waals surface area contributed by atoms with E-state index in [2.05, 4.69) is 4.98 Å². The topological polar surface area (TPSA) is 82.3 Å². The van der Waals surface area contributed by atoms with Crippen LogP contribution in [0.5, 0.6) is 0 Å². The number of ketones is 1. The predicted molar refractivity (Wildman–Crippen MR) is 74.3 cm³/mol. The third-order valence-electron chi connectivity index (χ3n) is 3.41. The lowest BCUT2D eigenvalue weighted by atomic mass is 9.92. The lowest BCUT2D eigenvalue weighted by Crippen LogP contribution is -2.46. The smallest absolute Gasteiger partial charge is 0.330 e. The summed E-state index contributed by atoms with van der Waals surface area (Å²) in [6.07, 6.45) is 5.69. The molecule has 0 amide bonds. The van der Waals surface area contributed by atoms with E-state index in [0.29, 0.717) is 18.7 Å². The van der Waals surface area contributed by atoms with Gasteiger partial charge in [-0.25, -0.2) is 4.79 Å². The molecule has 2 N–H and O–H groups in total. The molecule has 0 saturated carbocycles. The summed E-state index contributed by atoms with van der Waals surface area (Å²) in [7, 11) is 0. The monoisotopic (exact) mass is 274 g/mol. The summed E-state index contributed by atoms with van der Waals surface area (Å²) < 4.78 is 4.99. The number of nitrogens with zero attached hydrogens (tertiary/aromatic N) is 1. The maximum Gasteiger partial charge on any atom is 0.330 e. The maximum atomic E-state index is 11.8. The SMILES string of the molecule is CCOC(=O)C1(N)C=CC(c2ccc(C(C)=O)nc2)C1. The van der Waals surface area contributed by atoms with Gasteiger partial charge in [-0.2, -0.15) is 0 Å². The molecule has 20 heavy (non-hydrogen) atoms. The molecular weight excluding hydrogens is 256 g/mol. The van der Waals surface area contributed by atoms with Crippen LogP contribution in [0.1, 0.15) is 42.2 Å². The third-order valence-corrected chi connectivity index (χ3v) is 3.41. The van der Waals surface area contributed by atoms with Gasteiger partial charge in [0.05, 0.1) is 6.61 Å². The van der Waals surface area contributed by atoms with E-state index in [9.17, 15) is 9.59 Å². The highest BCUT2D eigenvalue weighted by molar-refractivity contribution is 5.92. The van der Waals surface area contributed by atoms with Crippen LogP contribution in [0.2, 0.25) is 0 Å². The molecule has 106 valence electrons. The first-order chi connectivity index (χ1) is 9.46. The molecule has 5 nitrogen and oxygen atoms in total. The van der Waals surface area contributed by atoms with E-state index in [1.807, 2.05) is 12.1 Å². The van der Waals surface area contributed by atoms with Crippen molar-refractivity contribution in [2.75, 3.05) is 6.61 Å². The minimum absolute atomic E-state index is 0.0120. The summed E-state index contributed by atoms with van der Waals surface area (Å²) in [4.78, 5) is 27.1. The first-order valence-corrected chi connectivity index (χ1v) is 6.58. The second kappa shape index (κ2) is 5.54. The van der Waals surface area contributed by atoms with Gasteiger partial charge in [-0.05, 0) is 25.0 Å². The lowest BCUT2D eigenvalue weighted by Gasteiger charge is -2.21. The van der Waals surface area contributed by atoms with Crippen molar-refractivity contribution in [3.8, 4) is 0 Å². The van der Waals surface area contributed by atoms with E-state index >= 15 is 0 Å². The fourth-order valence-corrected chi connectivity index (χ4v) is 2.27. The van der Waals surface area contributed by atoms with Gasteiger partial charge >= 0.3 is 5.97 Å². The van der Waals surface area contributed by atoms with E-state index in [-0.39, 0.29) is 11.7 Å². The molecule has 0 fully saturated rings. The highest BCUT2D eigenvalue weighted by Crippen LogP contribution is 2.34. The van der Waals surface area contributed by atoms with Gasteiger partial charge in [0.1, 0.15) is 11.2 Å². The Hall–Kier alpha value is -2.01. The van der Waals surface area contributed by atoms with Crippen molar-refractivity contribution in [1.29, 1.82) is 0 Å². The summed E-state index contributed by atoms with van der Waals surface area (Å²) in [6, 6.07) is 3.53. The summed E-state index contributed by atoms with van der Waals surface area (Å²) in [5.74, 6) is -0.469. The van der Waals surface area contributed by atoms with Gasteiger partial charge in [-0.3, -0.25) is 9.78 Å². The Balaban J connectivity index is 2.12. The van der Waals surface area contributed by atoms with Gasteiger partial charge in [-0.1, -0.05) is 18.2 Å². The summed E-state index contributed by atoms with van der Waals surface area (Å²) in [5.41, 5.74) is 6.35. The van der Waals surface area contributed by atoms with Crippen LogP contribution in [0.15, 0.2) is 30.5 Å². The van der Waals surface area contributed by atoms with Gasteiger partial charge in [0.15, 0.2) is 5.78 Å². The molecule has 2 rings (SSSR count). The van der Waals surface area contributed by atoms with Crippen LogP contribution < -0.4 is 5.73 Å². The summed E-state index contributed by atoms with van der Waals surface area (Å²) in [5, 5.41) is 0. The van der Waals surface area contributed by atoms with Crippen molar-refractivity contribution in [2.24, 2.45) is 5.73 Å². The number of carbonyl (C=O) groups excluding carboxylic acids is 2. The van der Waals surface area contributed by atoms with Crippen LogP contribution in [-0.4, -0.2) is 28.9 Å². The Kier molecular flexibility index (Phi) is 3.99. The zero-order chi connectivity index (χ0) is 14.8. The van der Waals surface area contributed by atoms with Crippen LogP contribution in [0.4, 0.5) is 0 Å². The van der Waals surface area contributed by atoms with Crippen LogP contribution >= 0.6 is 0 Å². The number of Topliss-reactive ketones (excluding diaryl/α,β-unsaturated/α-hetero) is 1. The minimum Gasteiger partial charge on any atom is -0.464 e. The number of rotatable bonds is 4. The minimum atomic E-state index is -1.07. The van der Waals surface area contributed by atoms with Gasteiger partial charge in [0.25, 0.3) is 0 Å². The molecule has 0 aliphatic heterocycles. The van der Waals surface area contributed by atoms with Crippen LogP contribution in [0.3, 0.4) is 0 Å². The largest absolute Gasteiger partial charge is 0.464 e. The van der Waals surface area contributed by atoms with E-state index < -0.39 is 11.5 Å². The normalized spacial score (nSPS) is 24.6. The molecule has 0 bridgehead atoms. The Morgan fingerprint density at radius 3 is 2.80 bits per heavy atom. The number of hydrogen-bond donors (Lipinski definition) is 1. The zero-order valence-corrected chi connectivity index (χ0v) is 11.6. The standard InChI is InChI=1S/C15H18N2O3/c1-3-20-14(19)15(16)7-6-11(8-15)12-4-5-13(10(2)18)17-9-12/h4-7,9,11H,3,8,16H2,1-2H3. The molecule has 1 aromatic heterocycles. The van der Waals surface area contributed by atoms with Crippen molar-refractivity contribution in [3.63, 3.8) is 0 Å². The zero-order valence-electron chi connectivity index (χ0n) is 11.6. The van der Waals surface area contributed by atoms with Crippen molar-refractivity contribution in [2.45, 2.75) is 31.7 Å². The van der Waals surface area contributed by atoms with Gasteiger partial charge in [-0.15, -0.1) is 0 Å². The second-order valence-corrected chi connectivity index (χ2v) is 4.96. The van der Waals surface area contributed by atoms with E-state index in [4.69, 9.17) is 10.5 Å². The van der Waals surface area contributed by atoms with Crippen LogP contribution in [0, 0.1) is 0 Å². The molecular formula is C15H18N2O3. The fourth-order valence-electron chi connectivity index (χ4n) is 2.27. The maximum absolute atomic E-state index is 11.8. The molecule has 2 atom stereocenters. The second-order valence-electron chi connectivity index (χ2n) is 4.96. The lowest BCUT2D eigenvalue weighted by molar-refractivity contribution is -0.147. The number of aromatic nitrogens is 1. The molecule has 0 radical (unpaired) electrons.